The predicted molar refractivity (Wildman–Crippen MR) is 120 cm³/mol. The number of allylic oxidation sites excluding steroid dienone is 1. The van der Waals surface area contributed by atoms with Gasteiger partial charge in [-0.25, -0.2) is 0 Å². The second-order valence-corrected chi connectivity index (χ2v) is 8.26. The quantitative estimate of drug-likeness (QED) is 0.569. The third kappa shape index (κ3) is 3.11. The summed E-state index contributed by atoms with van der Waals surface area (Å²) in [6.07, 6.45) is 12.1. The molecule has 31 heavy (non-hydrogen) atoms. The molecular formula is C26H27N2O3. The number of hydrogen-bond donors (Lipinski definition) is 0. The lowest BCUT2D eigenvalue weighted by Gasteiger charge is -2.37. The minimum absolute atomic E-state index is 0.379. The molecule has 0 bridgehead atoms. The lowest BCUT2D eigenvalue weighted by atomic mass is 9.68. The number of fused-ring (bicyclic) bond motifs is 1. The molecule has 2 aliphatic rings. The van der Waals surface area contributed by atoms with E-state index < -0.39 is 0 Å². The van der Waals surface area contributed by atoms with Crippen molar-refractivity contribution in [3.8, 4) is 17.2 Å². The molecule has 5 rings (SSSR count). The molecule has 3 aromatic rings. The molecule has 1 unspecified atom stereocenters. The first-order valence-corrected chi connectivity index (χ1v) is 10.7. The predicted octanol–water partition coefficient (Wildman–Crippen LogP) is 4.99. The highest BCUT2D eigenvalue weighted by molar-refractivity contribution is 5.65. The van der Waals surface area contributed by atoms with Gasteiger partial charge in [0.25, 0.3) is 0 Å². The maximum Gasteiger partial charge on any atom is 0.203 e. The molecule has 0 N–H and O–H groups in total. The van der Waals surface area contributed by atoms with Crippen LogP contribution >= 0.6 is 0 Å². The third-order valence-corrected chi connectivity index (χ3v) is 6.74. The van der Waals surface area contributed by atoms with Crippen molar-refractivity contribution in [3.63, 3.8) is 0 Å². The number of ether oxygens (including phenoxy) is 3. The molecule has 5 heteroatoms. The van der Waals surface area contributed by atoms with E-state index in [1.165, 1.54) is 30.5 Å². The van der Waals surface area contributed by atoms with E-state index in [9.17, 15) is 0 Å². The zero-order valence-electron chi connectivity index (χ0n) is 18.2. The summed E-state index contributed by atoms with van der Waals surface area (Å²) in [6.45, 7) is 0. The first-order chi connectivity index (χ1) is 15.2. The Balaban J connectivity index is 1.71. The molecule has 2 aliphatic carbocycles. The lowest BCUT2D eigenvalue weighted by Crippen LogP contribution is -2.33. The van der Waals surface area contributed by atoms with Crippen molar-refractivity contribution in [3.05, 3.63) is 77.1 Å². The molecule has 1 aromatic heterocycles. The largest absolute Gasteiger partial charge is 0.493 e. The standard InChI is InChI=1S/C26H27N2O3/c1-29-23-14-20(15-24(30-2)25(23)31-3)26(19-8-5-4-6-9-19)13-12-18-17-27-28(22(18)16-26)21-10-7-11-21/h4-6,8-9,12-15,21H,7,10-11,16H2,1-3H3. The normalized spacial score (nSPS) is 20.1. The van der Waals surface area contributed by atoms with Gasteiger partial charge in [0, 0.05) is 23.1 Å². The summed E-state index contributed by atoms with van der Waals surface area (Å²) in [7, 11) is 4.95. The number of benzene rings is 2. The maximum atomic E-state index is 5.68. The van der Waals surface area contributed by atoms with E-state index in [-0.39, 0.29) is 5.41 Å². The highest BCUT2D eigenvalue weighted by atomic mass is 16.5. The Bertz CT molecular complexity index is 1090. The van der Waals surface area contributed by atoms with Gasteiger partial charge in [-0.05, 0) is 42.5 Å². The first kappa shape index (κ1) is 19.7. The first-order valence-electron chi connectivity index (χ1n) is 10.7. The molecule has 159 valence electrons. The van der Waals surface area contributed by atoms with Gasteiger partial charge in [0.05, 0.1) is 27.4 Å². The van der Waals surface area contributed by atoms with E-state index in [2.05, 4.69) is 70.6 Å². The number of rotatable bonds is 6. The Morgan fingerprint density at radius 1 is 0.968 bits per heavy atom. The Morgan fingerprint density at radius 2 is 1.68 bits per heavy atom. The molecule has 5 nitrogen and oxygen atoms in total. The molecule has 1 atom stereocenters. The summed E-state index contributed by atoms with van der Waals surface area (Å²) in [5.74, 6) is 1.92. The van der Waals surface area contributed by atoms with Gasteiger partial charge in [0.15, 0.2) is 11.5 Å². The maximum absolute atomic E-state index is 5.68. The topological polar surface area (TPSA) is 45.5 Å². The Hall–Kier alpha value is -3.21. The summed E-state index contributed by atoms with van der Waals surface area (Å²) < 4.78 is 19.1. The fourth-order valence-electron chi connectivity index (χ4n) is 4.79. The molecule has 0 aliphatic heterocycles. The monoisotopic (exact) mass is 415 g/mol. The van der Waals surface area contributed by atoms with Gasteiger partial charge in [0.2, 0.25) is 5.75 Å². The Morgan fingerprint density at radius 3 is 2.26 bits per heavy atom. The molecule has 0 spiro atoms. The second kappa shape index (κ2) is 7.80. The zero-order valence-corrected chi connectivity index (χ0v) is 18.2. The SMILES string of the molecule is COc1cc(C2(c3ccccc3)C=Cc3[c]nn(C4CCC4)c3C2)cc(OC)c1OC. The second-order valence-electron chi connectivity index (χ2n) is 8.26. The average molecular weight is 416 g/mol. The van der Waals surface area contributed by atoms with Gasteiger partial charge in [-0.1, -0.05) is 42.5 Å². The zero-order chi connectivity index (χ0) is 21.4. The van der Waals surface area contributed by atoms with Crippen molar-refractivity contribution < 1.29 is 14.2 Å². The van der Waals surface area contributed by atoms with Crippen molar-refractivity contribution in [2.45, 2.75) is 37.1 Å². The van der Waals surface area contributed by atoms with Crippen molar-refractivity contribution in [1.29, 1.82) is 0 Å². The van der Waals surface area contributed by atoms with Crippen LogP contribution in [0.2, 0.25) is 0 Å². The van der Waals surface area contributed by atoms with Crippen LogP contribution in [0, 0.1) is 6.20 Å². The van der Waals surface area contributed by atoms with Gasteiger partial charge in [-0.3, -0.25) is 4.68 Å². The van der Waals surface area contributed by atoms with E-state index in [0.29, 0.717) is 23.3 Å². The van der Waals surface area contributed by atoms with Gasteiger partial charge >= 0.3 is 0 Å². The van der Waals surface area contributed by atoms with Crippen LogP contribution in [0.1, 0.15) is 47.7 Å². The van der Waals surface area contributed by atoms with Crippen LogP contribution in [-0.4, -0.2) is 31.1 Å². The average Bonchev–Trinajstić information content (AvgIpc) is 3.19. The molecule has 0 saturated heterocycles. The van der Waals surface area contributed by atoms with Gasteiger partial charge in [-0.15, -0.1) is 0 Å². The summed E-state index contributed by atoms with van der Waals surface area (Å²) in [4.78, 5) is 0. The van der Waals surface area contributed by atoms with Crippen LogP contribution in [0.15, 0.2) is 48.5 Å². The van der Waals surface area contributed by atoms with Gasteiger partial charge in [-0.2, -0.15) is 5.10 Å². The number of nitrogens with zero attached hydrogens (tertiary/aromatic N) is 2. The summed E-state index contributed by atoms with van der Waals surface area (Å²) in [6, 6.07) is 15.2. The van der Waals surface area contributed by atoms with E-state index in [1.54, 1.807) is 21.3 Å². The van der Waals surface area contributed by atoms with E-state index in [0.717, 1.165) is 17.5 Å². The van der Waals surface area contributed by atoms with Crippen LogP contribution in [0.5, 0.6) is 17.2 Å². The van der Waals surface area contributed by atoms with Crippen LogP contribution in [0.25, 0.3) is 6.08 Å². The third-order valence-electron chi connectivity index (χ3n) is 6.74. The summed E-state index contributed by atoms with van der Waals surface area (Å²) in [5, 5.41) is 4.64. The van der Waals surface area contributed by atoms with Crippen LogP contribution in [0.4, 0.5) is 0 Å². The molecule has 2 aromatic carbocycles. The smallest absolute Gasteiger partial charge is 0.203 e. The van der Waals surface area contributed by atoms with Gasteiger partial charge < -0.3 is 14.2 Å². The molecule has 1 radical (unpaired) electrons. The fraction of sp³-hybridized carbons (Fsp3) is 0.346. The lowest BCUT2D eigenvalue weighted by molar-refractivity contribution is 0.279. The number of methoxy groups -OCH3 is 3. The number of hydrogen-bond acceptors (Lipinski definition) is 4. The van der Waals surface area contributed by atoms with Gasteiger partial charge in [0.1, 0.15) is 6.20 Å². The minimum atomic E-state index is -0.379. The van der Waals surface area contributed by atoms with E-state index in [1.807, 2.05) is 0 Å². The number of aromatic nitrogens is 2. The highest BCUT2D eigenvalue weighted by Crippen LogP contribution is 2.48. The molecule has 1 saturated carbocycles. The van der Waals surface area contributed by atoms with Crippen LogP contribution < -0.4 is 14.2 Å². The highest BCUT2D eigenvalue weighted by Gasteiger charge is 2.39. The summed E-state index contributed by atoms with van der Waals surface area (Å²) in [5.41, 5.74) is 4.26. The molecule has 1 heterocycles. The molecule has 1 fully saturated rings. The van der Waals surface area contributed by atoms with Crippen molar-refractivity contribution in [2.24, 2.45) is 0 Å². The molecule has 0 amide bonds. The van der Waals surface area contributed by atoms with Crippen molar-refractivity contribution in [1.82, 2.24) is 9.78 Å². The van der Waals surface area contributed by atoms with Crippen LogP contribution in [-0.2, 0) is 11.8 Å². The Kier molecular flexibility index (Phi) is 4.97. The van der Waals surface area contributed by atoms with Crippen LogP contribution in [0.3, 0.4) is 0 Å². The fourth-order valence-corrected chi connectivity index (χ4v) is 4.79. The Labute approximate surface area is 183 Å². The molecular weight excluding hydrogens is 388 g/mol. The van der Waals surface area contributed by atoms with E-state index >= 15 is 0 Å². The van der Waals surface area contributed by atoms with Crippen molar-refractivity contribution in [2.75, 3.05) is 21.3 Å². The van der Waals surface area contributed by atoms with E-state index in [4.69, 9.17) is 14.2 Å². The summed E-state index contributed by atoms with van der Waals surface area (Å²) >= 11 is 0. The minimum Gasteiger partial charge on any atom is -0.493 e. The van der Waals surface area contributed by atoms with Crippen molar-refractivity contribution >= 4 is 6.08 Å².